The molecule has 2 N–H and O–H groups in total. The number of hydrogen-bond donors (Lipinski definition) is 2. The molecule has 1 aliphatic rings. The molecule has 1 saturated carbocycles. The van der Waals surface area contributed by atoms with Crippen LogP contribution in [0.5, 0.6) is 0 Å². The van der Waals surface area contributed by atoms with Gasteiger partial charge in [-0.2, -0.15) is 0 Å². The van der Waals surface area contributed by atoms with E-state index >= 15 is 0 Å². The fraction of sp³-hybridized carbons (Fsp3) is 0.562. The van der Waals surface area contributed by atoms with E-state index in [1.54, 1.807) is 12.1 Å². The van der Waals surface area contributed by atoms with E-state index < -0.39 is 0 Å². The van der Waals surface area contributed by atoms with Crippen molar-refractivity contribution in [1.29, 1.82) is 0 Å². The number of nitrogens with one attached hydrogen (secondary N) is 2. The van der Waals surface area contributed by atoms with Crippen molar-refractivity contribution in [3.63, 3.8) is 0 Å². The van der Waals surface area contributed by atoms with Gasteiger partial charge in [0.15, 0.2) is 0 Å². The predicted octanol–water partition coefficient (Wildman–Crippen LogP) is 2.78. The van der Waals surface area contributed by atoms with Gasteiger partial charge in [0.25, 0.3) is 0 Å². The highest BCUT2D eigenvalue weighted by molar-refractivity contribution is 5.79. The zero-order valence-corrected chi connectivity index (χ0v) is 12.2. The Bertz CT molecular complexity index is 438. The maximum absolute atomic E-state index is 12.9. The van der Waals surface area contributed by atoms with Gasteiger partial charge in [-0.3, -0.25) is 4.79 Å². The van der Waals surface area contributed by atoms with Gasteiger partial charge in [-0.25, -0.2) is 4.39 Å². The first kappa shape index (κ1) is 15.0. The largest absolute Gasteiger partial charge is 0.349 e. The number of amides is 1. The van der Waals surface area contributed by atoms with Gasteiger partial charge < -0.3 is 10.6 Å². The lowest BCUT2D eigenvalue weighted by Crippen LogP contribution is -2.38. The molecule has 4 heteroatoms. The molecular formula is C16H23FN2O. The number of rotatable bonds is 4. The minimum Gasteiger partial charge on any atom is -0.349 e. The molecular weight excluding hydrogens is 255 g/mol. The van der Waals surface area contributed by atoms with E-state index in [4.69, 9.17) is 0 Å². The van der Waals surface area contributed by atoms with Crippen LogP contribution < -0.4 is 10.6 Å². The molecule has 2 rings (SSSR count). The van der Waals surface area contributed by atoms with Gasteiger partial charge in [0.1, 0.15) is 5.82 Å². The zero-order valence-electron chi connectivity index (χ0n) is 12.2. The minimum absolute atomic E-state index is 0.0786. The topological polar surface area (TPSA) is 41.1 Å². The van der Waals surface area contributed by atoms with Crippen LogP contribution in [0.4, 0.5) is 4.39 Å². The van der Waals surface area contributed by atoms with E-state index in [0.717, 1.165) is 31.2 Å². The minimum atomic E-state index is -0.252. The Labute approximate surface area is 120 Å². The molecule has 1 amide bonds. The molecule has 0 aromatic heterocycles. The summed E-state index contributed by atoms with van der Waals surface area (Å²) in [5.74, 6) is -0.0171. The molecule has 0 spiro atoms. The molecule has 1 fully saturated rings. The SMILES string of the molecule is CNC1CCC(C(=O)N[C@H](C)c2ccc(F)cc2)CC1. The zero-order chi connectivity index (χ0) is 14.5. The third kappa shape index (κ3) is 3.79. The molecule has 0 aliphatic heterocycles. The summed E-state index contributed by atoms with van der Waals surface area (Å²) in [5, 5.41) is 6.30. The van der Waals surface area contributed by atoms with Crippen molar-refractivity contribution in [2.45, 2.75) is 44.7 Å². The number of benzene rings is 1. The van der Waals surface area contributed by atoms with E-state index in [9.17, 15) is 9.18 Å². The van der Waals surface area contributed by atoms with Gasteiger partial charge in [-0.05, 0) is 57.4 Å². The van der Waals surface area contributed by atoms with Crippen LogP contribution >= 0.6 is 0 Å². The van der Waals surface area contributed by atoms with E-state index in [1.165, 1.54) is 12.1 Å². The number of halogens is 1. The Morgan fingerprint density at radius 3 is 2.35 bits per heavy atom. The molecule has 0 radical (unpaired) electrons. The maximum Gasteiger partial charge on any atom is 0.223 e. The van der Waals surface area contributed by atoms with Crippen molar-refractivity contribution >= 4 is 5.91 Å². The first-order valence-corrected chi connectivity index (χ1v) is 7.33. The van der Waals surface area contributed by atoms with Gasteiger partial charge in [0.05, 0.1) is 6.04 Å². The van der Waals surface area contributed by atoms with E-state index in [1.807, 2.05) is 14.0 Å². The second-order valence-electron chi connectivity index (χ2n) is 5.62. The Morgan fingerprint density at radius 1 is 1.20 bits per heavy atom. The van der Waals surface area contributed by atoms with Gasteiger partial charge in [0.2, 0.25) is 5.91 Å². The quantitative estimate of drug-likeness (QED) is 0.889. The van der Waals surface area contributed by atoms with Crippen LogP contribution in [0.1, 0.15) is 44.2 Å². The van der Waals surface area contributed by atoms with Gasteiger partial charge in [0, 0.05) is 12.0 Å². The van der Waals surface area contributed by atoms with Crippen LogP contribution in [0.3, 0.4) is 0 Å². The lowest BCUT2D eigenvalue weighted by molar-refractivity contribution is -0.126. The molecule has 3 nitrogen and oxygen atoms in total. The summed E-state index contributed by atoms with van der Waals surface area (Å²) in [5.41, 5.74) is 0.934. The van der Waals surface area contributed by atoms with Gasteiger partial charge in [-0.1, -0.05) is 12.1 Å². The number of carbonyl (C=O) groups is 1. The smallest absolute Gasteiger partial charge is 0.223 e. The third-order valence-electron chi connectivity index (χ3n) is 4.23. The summed E-state index contributed by atoms with van der Waals surface area (Å²) in [6.07, 6.45) is 3.99. The van der Waals surface area contributed by atoms with Crippen LogP contribution in [0.15, 0.2) is 24.3 Å². The normalized spacial score (nSPS) is 24.1. The lowest BCUT2D eigenvalue weighted by Gasteiger charge is -2.28. The lowest BCUT2D eigenvalue weighted by atomic mass is 9.85. The van der Waals surface area contributed by atoms with Crippen LogP contribution in [0, 0.1) is 11.7 Å². The number of hydrogen-bond acceptors (Lipinski definition) is 2. The van der Waals surface area contributed by atoms with E-state index in [2.05, 4.69) is 10.6 Å². The molecule has 1 aromatic rings. The van der Waals surface area contributed by atoms with E-state index in [-0.39, 0.29) is 23.7 Å². The Balaban J connectivity index is 1.86. The van der Waals surface area contributed by atoms with Crippen LogP contribution in [-0.4, -0.2) is 19.0 Å². The molecule has 110 valence electrons. The molecule has 0 heterocycles. The maximum atomic E-state index is 12.9. The van der Waals surface area contributed by atoms with Crippen LogP contribution in [0.25, 0.3) is 0 Å². The average molecular weight is 278 g/mol. The monoisotopic (exact) mass is 278 g/mol. The summed E-state index contributed by atoms with van der Waals surface area (Å²) in [7, 11) is 1.97. The van der Waals surface area contributed by atoms with Crippen molar-refractivity contribution in [2.24, 2.45) is 5.92 Å². The molecule has 0 unspecified atom stereocenters. The standard InChI is InChI=1S/C16H23FN2O/c1-11(12-3-7-14(17)8-4-12)19-16(20)13-5-9-15(18-2)10-6-13/h3-4,7-8,11,13,15,18H,5-6,9-10H2,1-2H3,(H,19,20)/t11-,13?,15?/m1/s1. The third-order valence-corrected chi connectivity index (χ3v) is 4.23. The van der Waals surface area contributed by atoms with E-state index in [0.29, 0.717) is 6.04 Å². The summed E-state index contributed by atoms with van der Waals surface area (Å²) >= 11 is 0. The summed E-state index contributed by atoms with van der Waals surface area (Å²) in [6, 6.07) is 6.77. The Kier molecular flexibility index (Phi) is 5.12. The fourth-order valence-electron chi connectivity index (χ4n) is 2.81. The molecule has 0 saturated heterocycles. The highest BCUT2D eigenvalue weighted by atomic mass is 19.1. The van der Waals surface area contributed by atoms with Crippen molar-refractivity contribution in [3.8, 4) is 0 Å². The van der Waals surface area contributed by atoms with Crippen LogP contribution in [0.2, 0.25) is 0 Å². The second kappa shape index (κ2) is 6.84. The van der Waals surface area contributed by atoms with Crippen molar-refractivity contribution in [1.82, 2.24) is 10.6 Å². The molecule has 1 aliphatic carbocycles. The van der Waals surface area contributed by atoms with Crippen molar-refractivity contribution < 1.29 is 9.18 Å². The van der Waals surface area contributed by atoms with Crippen molar-refractivity contribution in [3.05, 3.63) is 35.6 Å². The first-order valence-electron chi connectivity index (χ1n) is 7.33. The fourth-order valence-corrected chi connectivity index (χ4v) is 2.81. The highest BCUT2D eigenvalue weighted by Gasteiger charge is 2.26. The molecule has 0 bridgehead atoms. The molecule has 20 heavy (non-hydrogen) atoms. The van der Waals surface area contributed by atoms with Crippen molar-refractivity contribution in [2.75, 3.05) is 7.05 Å². The Morgan fingerprint density at radius 2 is 1.80 bits per heavy atom. The summed E-state index contributed by atoms with van der Waals surface area (Å²) in [6.45, 7) is 1.93. The second-order valence-corrected chi connectivity index (χ2v) is 5.62. The van der Waals surface area contributed by atoms with Gasteiger partial charge >= 0.3 is 0 Å². The average Bonchev–Trinajstić information content (AvgIpc) is 2.48. The highest BCUT2D eigenvalue weighted by Crippen LogP contribution is 2.25. The molecule has 1 aromatic carbocycles. The summed E-state index contributed by atoms with van der Waals surface area (Å²) in [4.78, 5) is 12.2. The van der Waals surface area contributed by atoms with Crippen LogP contribution in [-0.2, 0) is 4.79 Å². The van der Waals surface area contributed by atoms with Gasteiger partial charge in [-0.15, -0.1) is 0 Å². The number of carbonyl (C=O) groups excluding carboxylic acids is 1. The Hall–Kier alpha value is -1.42. The molecule has 1 atom stereocenters. The summed E-state index contributed by atoms with van der Waals surface area (Å²) < 4.78 is 12.9. The first-order chi connectivity index (χ1) is 9.60. The predicted molar refractivity (Wildman–Crippen MR) is 77.8 cm³/mol.